The van der Waals surface area contributed by atoms with E-state index in [9.17, 15) is 4.79 Å². The molecule has 18 heavy (non-hydrogen) atoms. The molecular weight excluding hydrogens is 250 g/mol. The van der Waals surface area contributed by atoms with Gasteiger partial charge in [0.25, 0.3) is 0 Å². The Morgan fingerprint density at radius 3 is 2.72 bits per heavy atom. The van der Waals surface area contributed by atoms with Gasteiger partial charge in [-0.15, -0.1) is 11.3 Å². The minimum Gasteiger partial charge on any atom is -0.497 e. The molecule has 0 aliphatic heterocycles. The molecule has 0 aliphatic rings. The molecule has 0 fully saturated rings. The van der Waals surface area contributed by atoms with Crippen molar-refractivity contribution in [3.63, 3.8) is 0 Å². The zero-order chi connectivity index (χ0) is 13.0. The molecule has 0 atom stereocenters. The number of amides is 1. The number of methoxy groups -OCH3 is 1. The Kier molecular flexibility index (Phi) is 3.78. The summed E-state index contributed by atoms with van der Waals surface area (Å²) in [5, 5.41) is 5.04. The van der Waals surface area contributed by atoms with E-state index < -0.39 is 0 Å². The van der Waals surface area contributed by atoms with Crippen LogP contribution < -0.4 is 15.8 Å². The first kappa shape index (κ1) is 12.4. The van der Waals surface area contributed by atoms with E-state index in [1.54, 1.807) is 36.8 Å². The van der Waals surface area contributed by atoms with Gasteiger partial charge >= 0.3 is 0 Å². The molecule has 1 aromatic carbocycles. The number of nitrogens with one attached hydrogen (secondary N) is 1. The highest BCUT2D eigenvalue weighted by Gasteiger charge is 2.07. The first-order valence-electron chi connectivity index (χ1n) is 5.31. The molecule has 6 heteroatoms. The Morgan fingerprint density at radius 2 is 2.17 bits per heavy atom. The van der Waals surface area contributed by atoms with Gasteiger partial charge in [-0.25, -0.2) is 4.98 Å². The van der Waals surface area contributed by atoms with Crippen molar-refractivity contribution in [2.24, 2.45) is 0 Å². The van der Waals surface area contributed by atoms with Gasteiger partial charge in [-0.2, -0.15) is 0 Å². The highest BCUT2D eigenvalue weighted by atomic mass is 32.1. The molecule has 2 aromatic rings. The van der Waals surface area contributed by atoms with Crippen LogP contribution in [0.5, 0.6) is 5.75 Å². The van der Waals surface area contributed by atoms with Crippen LogP contribution in [0.4, 0.5) is 10.8 Å². The average molecular weight is 263 g/mol. The van der Waals surface area contributed by atoms with Crippen LogP contribution in [0, 0.1) is 0 Å². The lowest BCUT2D eigenvalue weighted by molar-refractivity contribution is -0.115. The number of nitrogens with two attached hydrogens (primary N) is 1. The van der Waals surface area contributed by atoms with E-state index in [4.69, 9.17) is 10.5 Å². The lowest BCUT2D eigenvalue weighted by atomic mass is 10.2. The molecule has 0 saturated carbocycles. The number of carbonyl (C=O) groups is 1. The predicted molar refractivity (Wildman–Crippen MR) is 71.9 cm³/mol. The first-order chi connectivity index (χ1) is 8.67. The van der Waals surface area contributed by atoms with E-state index >= 15 is 0 Å². The highest BCUT2D eigenvalue weighted by molar-refractivity contribution is 7.13. The van der Waals surface area contributed by atoms with Crippen molar-refractivity contribution in [2.75, 3.05) is 18.2 Å². The summed E-state index contributed by atoms with van der Waals surface area (Å²) < 4.78 is 5.04. The number of rotatable bonds is 4. The van der Waals surface area contributed by atoms with Crippen molar-refractivity contribution >= 4 is 28.1 Å². The molecule has 0 unspecified atom stereocenters. The third kappa shape index (κ3) is 3.21. The summed E-state index contributed by atoms with van der Waals surface area (Å²) in [6, 6.07) is 7.14. The van der Waals surface area contributed by atoms with Crippen LogP contribution in [-0.2, 0) is 11.2 Å². The zero-order valence-electron chi connectivity index (χ0n) is 9.84. The lowest BCUT2D eigenvalue weighted by Crippen LogP contribution is -2.14. The molecule has 2 rings (SSSR count). The maximum Gasteiger partial charge on any atom is 0.230 e. The molecule has 1 amide bonds. The van der Waals surface area contributed by atoms with Gasteiger partial charge in [-0.3, -0.25) is 4.79 Å². The van der Waals surface area contributed by atoms with Gasteiger partial charge in [0.2, 0.25) is 5.91 Å². The molecule has 5 nitrogen and oxygen atoms in total. The second-order valence-corrected chi connectivity index (χ2v) is 4.52. The second-order valence-electron chi connectivity index (χ2n) is 3.63. The molecule has 0 spiro atoms. The number of hydrogen-bond acceptors (Lipinski definition) is 5. The molecule has 0 aliphatic carbocycles. The number of nitrogen functional groups attached to an aromatic ring is 1. The van der Waals surface area contributed by atoms with Gasteiger partial charge in [0, 0.05) is 11.1 Å². The van der Waals surface area contributed by atoms with E-state index in [1.165, 1.54) is 11.3 Å². The van der Waals surface area contributed by atoms with Crippen molar-refractivity contribution in [3.05, 3.63) is 35.3 Å². The summed E-state index contributed by atoms with van der Waals surface area (Å²) in [6.45, 7) is 0. The van der Waals surface area contributed by atoms with E-state index in [1.807, 2.05) is 0 Å². The van der Waals surface area contributed by atoms with Gasteiger partial charge in [0.1, 0.15) is 5.75 Å². The summed E-state index contributed by atoms with van der Waals surface area (Å²) in [7, 11) is 1.60. The zero-order valence-corrected chi connectivity index (χ0v) is 10.7. The van der Waals surface area contributed by atoms with Gasteiger partial charge < -0.3 is 15.8 Å². The maximum absolute atomic E-state index is 11.7. The summed E-state index contributed by atoms with van der Waals surface area (Å²) in [5.41, 5.74) is 6.91. The van der Waals surface area contributed by atoms with Crippen LogP contribution in [0.1, 0.15) is 5.69 Å². The number of ether oxygens (including phenoxy) is 1. The van der Waals surface area contributed by atoms with Crippen LogP contribution in [0.2, 0.25) is 0 Å². The van der Waals surface area contributed by atoms with Crippen LogP contribution in [0.25, 0.3) is 0 Å². The Morgan fingerprint density at radius 1 is 1.44 bits per heavy atom. The Labute approximate surface area is 109 Å². The summed E-state index contributed by atoms with van der Waals surface area (Å²) in [6.07, 6.45) is 0.222. The Bertz CT molecular complexity index is 537. The Hall–Kier alpha value is -2.08. The van der Waals surface area contributed by atoms with Crippen molar-refractivity contribution in [1.29, 1.82) is 0 Å². The third-order valence-corrected chi connectivity index (χ3v) is 3.01. The number of hydrogen-bond donors (Lipinski definition) is 2. The summed E-state index contributed by atoms with van der Waals surface area (Å²) in [5.74, 6) is 0.630. The van der Waals surface area contributed by atoms with Crippen LogP contribution in [-0.4, -0.2) is 18.0 Å². The molecule has 1 heterocycles. The molecule has 1 aromatic heterocycles. The van der Waals surface area contributed by atoms with Crippen molar-refractivity contribution in [3.8, 4) is 5.75 Å². The number of nitrogens with zero attached hydrogens (tertiary/aromatic N) is 1. The van der Waals surface area contributed by atoms with Gasteiger partial charge in [0.15, 0.2) is 5.13 Å². The molecule has 3 N–H and O–H groups in total. The van der Waals surface area contributed by atoms with Crippen molar-refractivity contribution in [2.45, 2.75) is 6.42 Å². The minimum absolute atomic E-state index is 0.120. The number of anilines is 2. The largest absolute Gasteiger partial charge is 0.497 e. The quantitative estimate of drug-likeness (QED) is 0.883. The monoisotopic (exact) mass is 263 g/mol. The van der Waals surface area contributed by atoms with Crippen molar-refractivity contribution in [1.82, 2.24) is 4.98 Å². The van der Waals surface area contributed by atoms with Crippen LogP contribution >= 0.6 is 11.3 Å². The number of aromatic nitrogens is 1. The smallest absolute Gasteiger partial charge is 0.230 e. The molecule has 94 valence electrons. The lowest BCUT2D eigenvalue weighted by Gasteiger charge is -2.05. The van der Waals surface area contributed by atoms with Crippen LogP contribution in [0.3, 0.4) is 0 Å². The maximum atomic E-state index is 11.7. The average Bonchev–Trinajstić information content (AvgIpc) is 2.75. The molecule has 0 radical (unpaired) electrons. The van der Waals surface area contributed by atoms with E-state index in [0.717, 1.165) is 11.4 Å². The molecular formula is C12H13N3O2S. The molecule has 0 bridgehead atoms. The number of benzene rings is 1. The fraction of sp³-hybridized carbons (Fsp3) is 0.167. The van der Waals surface area contributed by atoms with E-state index in [0.29, 0.717) is 10.8 Å². The summed E-state index contributed by atoms with van der Waals surface area (Å²) >= 11 is 1.33. The third-order valence-electron chi connectivity index (χ3n) is 2.28. The normalized spacial score (nSPS) is 10.1. The van der Waals surface area contributed by atoms with Gasteiger partial charge in [-0.05, 0) is 24.3 Å². The van der Waals surface area contributed by atoms with Crippen LogP contribution in [0.15, 0.2) is 29.6 Å². The first-order valence-corrected chi connectivity index (χ1v) is 6.19. The summed E-state index contributed by atoms with van der Waals surface area (Å²) in [4.78, 5) is 15.8. The topological polar surface area (TPSA) is 77.2 Å². The van der Waals surface area contributed by atoms with Crippen molar-refractivity contribution < 1.29 is 9.53 Å². The standard InChI is InChI=1S/C12H13N3O2S/c1-17-10-4-2-8(3-5-10)14-11(16)6-9-7-18-12(13)15-9/h2-5,7H,6H2,1H3,(H2,13,15)(H,14,16). The second kappa shape index (κ2) is 5.50. The number of thiazole rings is 1. The van der Waals surface area contributed by atoms with E-state index in [-0.39, 0.29) is 12.3 Å². The van der Waals surface area contributed by atoms with Gasteiger partial charge in [-0.1, -0.05) is 0 Å². The highest BCUT2D eigenvalue weighted by Crippen LogP contribution is 2.16. The fourth-order valence-electron chi connectivity index (χ4n) is 1.45. The Balaban J connectivity index is 1.94. The molecule has 0 saturated heterocycles. The minimum atomic E-state index is -0.120. The van der Waals surface area contributed by atoms with Gasteiger partial charge in [0.05, 0.1) is 19.2 Å². The fourth-order valence-corrected chi connectivity index (χ4v) is 2.01. The number of carbonyl (C=O) groups excluding carboxylic acids is 1. The predicted octanol–water partition coefficient (Wildman–Crippen LogP) is 1.92. The van der Waals surface area contributed by atoms with E-state index in [2.05, 4.69) is 10.3 Å². The SMILES string of the molecule is COc1ccc(NC(=O)Cc2csc(N)n2)cc1.